The van der Waals surface area contributed by atoms with Gasteiger partial charge in [0.1, 0.15) is 0 Å². The van der Waals surface area contributed by atoms with Crippen LogP contribution in [0.1, 0.15) is 54.7 Å². The first-order chi connectivity index (χ1) is 11.9. The van der Waals surface area contributed by atoms with Crippen molar-refractivity contribution in [1.82, 2.24) is 20.8 Å². The third kappa shape index (κ3) is 3.46. The van der Waals surface area contributed by atoms with Crippen molar-refractivity contribution in [2.24, 2.45) is 5.41 Å². The molecule has 2 atom stereocenters. The van der Waals surface area contributed by atoms with Crippen LogP contribution in [-0.2, 0) is 5.54 Å². The number of nitrogens with zero attached hydrogens (tertiary/aromatic N) is 2. The average molecular weight is 397 g/mol. The van der Waals surface area contributed by atoms with E-state index in [0.29, 0.717) is 33.6 Å². The Morgan fingerprint density at radius 2 is 2.27 bits per heavy atom. The Morgan fingerprint density at radius 1 is 1.46 bits per heavy atom. The van der Waals surface area contributed by atoms with Gasteiger partial charge in [-0.1, -0.05) is 22.8 Å². The fourth-order valence-electron chi connectivity index (χ4n) is 3.60. The Bertz CT molecular complexity index is 815. The third-order valence-electron chi connectivity index (χ3n) is 5.28. The van der Waals surface area contributed by atoms with Crippen LogP contribution >= 0.6 is 24.0 Å². The molecule has 1 saturated heterocycles. The number of carbonyl (C=O) groups excluding carboxylic acids is 1. The molecule has 140 valence electrons. The SMILES string of the molecule is CC(C)(NC(=O)c1cccc(Cl)c1)c1noc(C2CC23CCNC3)n1.Cl. The van der Waals surface area contributed by atoms with Crippen molar-refractivity contribution in [2.75, 3.05) is 13.1 Å². The molecule has 1 aliphatic carbocycles. The van der Waals surface area contributed by atoms with E-state index in [2.05, 4.69) is 20.8 Å². The summed E-state index contributed by atoms with van der Waals surface area (Å²) >= 11 is 5.96. The number of hydrogen-bond acceptors (Lipinski definition) is 5. The van der Waals surface area contributed by atoms with Gasteiger partial charge in [0.05, 0.1) is 5.54 Å². The number of carbonyl (C=O) groups is 1. The molecular formula is C18H22Cl2N4O2. The van der Waals surface area contributed by atoms with E-state index in [4.69, 9.17) is 16.1 Å². The number of rotatable bonds is 4. The van der Waals surface area contributed by atoms with Gasteiger partial charge in [-0.15, -0.1) is 12.4 Å². The average Bonchev–Trinajstić information content (AvgIpc) is 2.94. The summed E-state index contributed by atoms with van der Waals surface area (Å²) in [5, 5.41) is 11.0. The van der Waals surface area contributed by atoms with Gasteiger partial charge in [-0.3, -0.25) is 4.79 Å². The first-order valence-corrected chi connectivity index (χ1v) is 8.90. The fourth-order valence-corrected chi connectivity index (χ4v) is 3.79. The number of hydrogen-bond donors (Lipinski definition) is 2. The number of halogens is 2. The molecule has 1 aromatic heterocycles. The quantitative estimate of drug-likeness (QED) is 0.828. The van der Waals surface area contributed by atoms with Crippen molar-refractivity contribution in [3.05, 3.63) is 46.6 Å². The summed E-state index contributed by atoms with van der Waals surface area (Å²) in [6, 6.07) is 6.84. The summed E-state index contributed by atoms with van der Waals surface area (Å²) < 4.78 is 5.51. The first-order valence-electron chi connectivity index (χ1n) is 8.53. The van der Waals surface area contributed by atoms with Crippen LogP contribution in [0.15, 0.2) is 28.8 Å². The summed E-state index contributed by atoms with van der Waals surface area (Å²) in [5.74, 6) is 1.29. The van der Waals surface area contributed by atoms with Crippen molar-refractivity contribution in [1.29, 1.82) is 0 Å². The maximum atomic E-state index is 12.5. The number of nitrogens with one attached hydrogen (secondary N) is 2. The van der Waals surface area contributed by atoms with E-state index in [1.807, 2.05) is 13.8 Å². The minimum absolute atomic E-state index is 0. The van der Waals surface area contributed by atoms with Gasteiger partial charge >= 0.3 is 0 Å². The number of aromatic nitrogens is 2. The summed E-state index contributed by atoms with van der Waals surface area (Å²) in [6.07, 6.45) is 2.25. The molecular weight excluding hydrogens is 375 g/mol. The van der Waals surface area contributed by atoms with E-state index in [1.165, 1.54) is 0 Å². The molecule has 1 amide bonds. The second-order valence-corrected chi connectivity index (χ2v) is 8.03. The molecule has 1 aromatic carbocycles. The lowest BCUT2D eigenvalue weighted by Gasteiger charge is -2.22. The van der Waals surface area contributed by atoms with Gasteiger partial charge in [-0.25, -0.2) is 0 Å². The van der Waals surface area contributed by atoms with Crippen molar-refractivity contribution in [2.45, 2.75) is 38.1 Å². The van der Waals surface area contributed by atoms with Crippen molar-refractivity contribution in [3.63, 3.8) is 0 Å². The highest BCUT2D eigenvalue weighted by atomic mass is 35.5. The Labute approximate surface area is 163 Å². The Kier molecular flexibility index (Phi) is 5.03. The maximum absolute atomic E-state index is 12.5. The smallest absolute Gasteiger partial charge is 0.252 e. The van der Waals surface area contributed by atoms with Crippen LogP contribution in [0, 0.1) is 5.41 Å². The van der Waals surface area contributed by atoms with Crippen molar-refractivity contribution >= 4 is 29.9 Å². The van der Waals surface area contributed by atoms with Crippen molar-refractivity contribution < 1.29 is 9.32 Å². The molecule has 0 bridgehead atoms. The standard InChI is InChI=1S/C18H21ClN4O2.ClH/c1-17(2,22-14(24)11-4-3-5-12(19)8-11)16-21-15(25-23-16)13-9-18(13)6-7-20-10-18;/h3-5,8,13,20H,6-7,9-10H2,1-2H3,(H,22,24);1H. The molecule has 2 fully saturated rings. The molecule has 0 radical (unpaired) electrons. The molecule has 1 saturated carbocycles. The number of benzene rings is 1. The van der Waals surface area contributed by atoms with Gasteiger partial charge in [0, 0.05) is 23.0 Å². The van der Waals surface area contributed by atoms with Gasteiger partial charge in [0.25, 0.3) is 5.91 Å². The molecule has 2 aliphatic rings. The molecule has 2 N–H and O–H groups in total. The molecule has 2 aromatic rings. The first kappa shape index (κ1) is 19.1. The Morgan fingerprint density at radius 3 is 2.96 bits per heavy atom. The molecule has 1 spiro atoms. The van der Waals surface area contributed by atoms with E-state index in [9.17, 15) is 4.79 Å². The zero-order valence-electron chi connectivity index (χ0n) is 14.7. The Hall–Kier alpha value is -1.63. The minimum atomic E-state index is -0.739. The molecule has 6 nitrogen and oxygen atoms in total. The molecule has 26 heavy (non-hydrogen) atoms. The zero-order chi connectivity index (χ0) is 17.7. The van der Waals surface area contributed by atoms with E-state index in [1.54, 1.807) is 24.3 Å². The summed E-state index contributed by atoms with van der Waals surface area (Å²) in [7, 11) is 0. The van der Waals surface area contributed by atoms with Crippen LogP contribution in [0.4, 0.5) is 0 Å². The van der Waals surface area contributed by atoms with Gasteiger partial charge in [0.2, 0.25) is 5.89 Å². The zero-order valence-corrected chi connectivity index (χ0v) is 16.3. The lowest BCUT2D eigenvalue weighted by atomic mass is 10.0. The van der Waals surface area contributed by atoms with Crippen LogP contribution in [0.2, 0.25) is 5.02 Å². The monoisotopic (exact) mass is 396 g/mol. The van der Waals surface area contributed by atoms with Crippen LogP contribution in [0.5, 0.6) is 0 Å². The van der Waals surface area contributed by atoms with Gasteiger partial charge in [0.15, 0.2) is 5.82 Å². The topological polar surface area (TPSA) is 80.0 Å². The predicted octanol–water partition coefficient (Wildman–Crippen LogP) is 3.28. The maximum Gasteiger partial charge on any atom is 0.252 e. The normalized spacial score (nSPS) is 24.3. The second kappa shape index (κ2) is 6.83. The largest absolute Gasteiger partial charge is 0.340 e. The van der Waals surface area contributed by atoms with Gasteiger partial charge in [-0.2, -0.15) is 4.98 Å². The number of amides is 1. The molecule has 2 unspecified atom stereocenters. The molecule has 1 aliphatic heterocycles. The molecule has 2 heterocycles. The van der Waals surface area contributed by atoms with Gasteiger partial charge < -0.3 is 15.2 Å². The summed E-state index contributed by atoms with van der Waals surface area (Å²) in [6.45, 7) is 5.80. The van der Waals surface area contributed by atoms with Crippen LogP contribution in [-0.4, -0.2) is 29.1 Å². The predicted molar refractivity (Wildman–Crippen MR) is 101 cm³/mol. The minimum Gasteiger partial charge on any atom is -0.340 e. The van der Waals surface area contributed by atoms with Crippen molar-refractivity contribution in [3.8, 4) is 0 Å². The van der Waals surface area contributed by atoms with Gasteiger partial charge in [-0.05, 0) is 56.8 Å². The van der Waals surface area contributed by atoms with E-state index in [0.717, 1.165) is 25.9 Å². The lowest BCUT2D eigenvalue weighted by molar-refractivity contribution is 0.0907. The fraction of sp³-hybridized carbons (Fsp3) is 0.500. The summed E-state index contributed by atoms with van der Waals surface area (Å²) in [4.78, 5) is 17.1. The van der Waals surface area contributed by atoms with Crippen LogP contribution < -0.4 is 10.6 Å². The van der Waals surface area contributed by atoms with E-state index < -0.39 is 5.54 Å². The summed E-state index contributed by atoms with van der Waals surface area (Å²) in [5.41, 5.74) is 0.0669. The second-order valence-electron chi connectivity index (χ2n) is 7.59. The highest BCUT2D eigenvalue weighted by Gasteiger charge is 2.58. The van der Waals surface area contributed by atoms with Crippen LogP contribution in [0.3, 0.4) is 0 Å². The lowest BCUT2D eigenvalue weighted by Crippen LogP contribution is -2.41. The molecule has 4 rings (SSSR count). The van der Waals surface area contributed by atoms with Crippen LogP contribution in [0.25, 0.3) is 0 Å². The highest BCUT2D eigenvalue weighted by molar-refractivity contribution is 6.30. The van der Waals surface area contributed by atoms with E-state index in [-0.39, 0.29) is 18.3 Å². The molecule has 8 heteroatoms. The van der Waals surface area contributed by atoms with E-state index >= 15 is 0 Å². The Balaban J connectivity index is 0.00000196. The highest BCUT2D eigenvalue weighted by Crippen LogP contribution is 2.62. The third-order valence-corrected chi connectivity index (χ3v) is 5.51.